The second-order valence-corrected chi connectivity index (χ2v) is 6.32. The van der Waals surface area contributed by atoms with Crippen LogP contribution in [0.2, 0.25) is 0 Å². The molecule has 11 heteroatoms. The number of aryl methyl sites for hydroxylation is 1. The number of halogens is 3. The number of nitrogens with zero attached hydrogens (tertiary/aromatic N) is 3. The molecule has 0 spiro atoms. The number of fused-ring (bicyclic) bond motifs is 1. The number of ether oxygens (including phenoxy) is 1. The molecule has 0 aliphatic rings. The molecule has 30 heavy (non-hydrogen) atoms. The SMILES string of the molecule is COCCCn1nc2ccc(NC(=O)c3cccc(C(F)(F)F)n3)cc2c1C(=O)O. The van der Waals surface area contributed by atoms with Gasteiger partial charge in [0.05, 0.1) is 5.52 Å². The van der Waals surface area contributed by atoms with Crippen LogP contribution >= 0.6 is 0 Å². The first kappa shape index (κ1) is 21.2. The average molecular weight is 422 g/mol. The van der Waals surface area contributed by atoms with Gasteiger partial charge in [-0.15, -0.1) is 0 Å². The van der Waals surface area contributed by atoms with Gasteiger partial charge in [0.2, 0.25) is 0 Å². The first-order chi connectivity index (χ1) is 14.2. The van der Waals surface area contributed by atoms with E-state index in [2.05, 4.69) is 15.4 Å². The Labute approximate surface area is 168 Å². The molecule has 0 bridgehead atoms. The fourth-order valence-corrected chi connectivity index (χ4v) is 2.87. The number of carboxylic acid groups (broad SMARTS) is 1. The summed E-state index contributed by atoms with van der Waals surface area (Å²) in [6.45, 7) is 0.751. The number of methoxy groups -OCH3 is 1. The van der Waals surface area contributed by atoms with E-state index in [1.807, 2.05) is 0 Å². The lowest BCUT2D eigenvalue weighted by Gasteiger charge is -2.08. The van der Waals surface area contributed by atoms with Crippen molar-refractivity contribution in [1.29, 1.82) is 0 Å². The van der Waals surface area contributed by atoms with Crippen LogP contribution in [-0.4, -0.2) is 45.5 Å². The summed E-state index contributed by atoms with van der Waals surface area (Å²) in [5, 5.41) is 16.5. The van der Waals surface area contributed by atoms with Gasteiger partial charge in [-0.3, -0.25) is 9.48 Å². The standard InChI is InChI=1S/C19H17F3N4O4/c1-30-9-3-8-26-16(18(28)29)12-10-11(6-7-13(12)25-26)23-17(27)14-4-2-5-15(24-14)19(20,21)22/h2,4-7,10H,3,8-9H2,1H3,(H,23,27)(H,28,29). The second-order valence-electron chi connectivity index (χ2n) is 6.32. The van der Waals surface area contributed by atoms with Crippen molar-refractivity contribution in [3.8, 4) is 0 Å². The van der Waals surface area contributed by atoms with Gasteiger partial charge in [-0.05, 0) is 36.8 Å². The van der Waals surface area contributed by atoms with Crippen molar-refractivity contribution >= 4 is 28.5 Å². The Bertz CT molecular complexity index is 1100. The van der Waals surface area contributed by atoms with Crippen LogP contribution in [-0.2, 0) is 17.5 Å². The molecule has 1 aromatic carbocycles. The minimum atomic E-state index is -4.68. The number of carbonyl (C=O) groups excluding carboxylic acids is 1. The molecule has 0 saturated heterocycles. The molecule has 2 aromatic heterocycles. The number of anilines is 1. The molecule has 3 rings (SSSR count). The van der Waals surface area contributed by atoms with Crippen molar-refractivity contribution in [2.24, 2.45) is 0 Å². The zero-order chi connectivity index (χ0) is 21.9. The Morgan fingerprint density at radius 3 is 2.67 bits per heavy atom. The second kappa shape index (κ2) is 8.49. The zero-order valence-electron chi connectivity index (χ0n) is 15.7. The van der Waals surface area contributed by atoms with Crippen LogP contribution in [0.4, 0.5) is 18.9 Å². The van der Waals surface area contributed by atoms with E-state index in [0.29, 0.717) is 25.1 Å². The lowest BCUT2D eigenvalue weighted by atomic mass is 10.1. The third kappa shape index (κ3) is 4.57. The fourth-order valence-electron chi connectivity index (χ4n) is 2.87. The minimum Gasteiger partial charge on any atom is -0.477 e. The summed E-state index contributed by atoms with van der Waals surface area (Å²) in [6.07, 6.45) is -4.13. The summed E-state index contributed by atoms with van der Waals surface area (Å²) in [5.41, 5.74) is -1.06. The maximum absolute atomic E-state index is 12.8. The Hall–Kier alpha value is -3.47. The number of rotatable bonds is 7. The summed E-state index contributed by atoms with van der Waals surface area (Å²) in [4.78, 5) is 27.4. The van der Waals surface area contributed by atoms with Crippen LogP contribution in [0.25, 0.3) is 10.9 Å². The third-order valence-corrected chi connectivity index (χ3v) is 4.19. The molecule has 0 radical (unpaired) electrons. The molecule has 0 aliphatic carbocycles. The smallest absolute Gasteiger partial charge is 0.433 e. The van der Waals surface area contributed by atoms with Gasteiger partial charge in [-0.1, -0.05) is 6.07 Å². The average Bonchev–Trinajstić information content (AvgIpc) is 3.05. The summed E-state index contributed by atoms with van der Waals surface area (Å²) in [6, 6.07) is 7.40. The zero-order valence-corrected chi connectivity index (χ0v) is 15.7. The molecule has 0 unspecified atom stereocenters. The number of aromatic nitrogens is 3. The van der Waals surface area contributed by atoms with E-state index in [9.17, 15) is 27.9 Å². The molecule has 0 saturated carbocycles. The predicted molar refractivity (Wildman–Crippen MR) is 100 cm³/mol. The molecular formula is C19H17F3N4O4. The summed E-state index contributed by atoms with van der Waals surface area (Å²) < 4.78 is 44.7. The maximum Gasteiger partial charge on any atom is 0.433 e. The number of hydrogen-bond acceptors (Lipinski definition) is 5. The molecule has 1 amide bonds. The van der Waals surface area contributed by atoms with Gasteiger partial charge in [-0.2, -0.15) is 18.3 Å². The molecule has 2 heterocycles. The van der Waals surface area contributed by atoms with Gasteiger partial charge in [0, 0.05) is 31.3 Å². The fraction of sp³-hybridized carbons (Fsp3) is 0.263. The van der Waals surface area contributed by atoms with Crippen LogP contribution in [0.3, 0.4) is 0 Å². The summed E-state index contributed by atoms with van der Waals surface area (Å²) >= 11 is 0. The first-order valence-electron chi connectivity index (χ1n) is 8.79. The van der Waals surface area contributed by atoms with E-state index in [4.69, 9.17) is 4.74 Å². The van der Waals surface area contributed by atoms with E-state index >= 15 is 0 Å². The molecule has 2 N–H and O–H groups in total. The number of alkyl halides is 3. The number of amides is 1. The van der Waals surface area contributed by atoms with E-state index in [0.717, 1.165) is 18.2 Å². The highest BCUT2D eigenvalue weighted by Crippen LogP contribution is 2.28. The number of benzene rings is 1. The monoisotopic (exact) mass is 422 g/mol. The van der Waals surface area contributed by atoms with Crippen molar-refractivity contribution in [2.45, 2.75) is 19.1 Å². The van der Waals surface area contributed by atoms with E-state index in [-0.39, 0.29) is 16.8 Å². The van der Waals surface area contributed by atoms with Gasteiger partial charge in [0.15, 0.2) is 5.69 Å². The topological polar surface area (TPSA) is 106 Å². The number of pyridine rings is 1. The number of nitrogens with one attached hydrogen (secondary N) is 1. The van der Waals surface area contributed by atoms with Gasteiger partial charge in [0.25, 0.3) is 5.91 Å². The first-order valence-corrected chi connectivity index (χ1v) is 8.79. The number of hydrogen-bond donors (Lipinski definition) is 2. The molecule has 0 atom stereocenters. The van der Waals surface area contributed by atoms with Crippen molar-refractivity contribution in [1.82, 2.24) is 14.8 Å². The Balaban J connectivity index is 1.89. The van der Waals surface area contributed by atoms with Crippen LogP contribution in [0, 0.1) is 0 Å². The summed E-state index contributed by atoms with van der Waals surface area (Å²) in [7, 11) is 1.53. The predicted octanol–water partition coefficient (Wildman–Crippen LogP) is 3.44. The normalized spacial score (nSPS) is 11.6. The van der Waals surface area contributed by atoms with E-state index in [1.54, 1.807) is 0 Å². The molecule has 0 aliphatic heterocycles. The van der Waals surface area contributed by atoms with Crippen LogP contribution in [0.1, 0.15) is 33.1 Å². The highest BCUT2D eigenvalue weighted by molar-refractivity contribution is 6.06. The van der Waals surface area contributed by atoms with E-state index < -0.39 is 29.4 Å². The van der Waals surface area contributed by atoms with Crippen molar-refractivity contribution in [3.63, 3.8) is 0 Å². The van der Waals surface area contributed by atoms with Crippen LogP contribution in [0.5, 0.6) is 0 Å². The van der Waals surface area contributed by atoms with Gasteiger partial charge < -0.3 is 15.2 Å². The Kier molecular flexibility index (Phi) is 6.01. The van der Waals surface area contributed by atoms with Crippen LogP contribution < -0.4 is 5.32 Å². The Morgan fingerprint density at radius 1 is 1.23 bits per heavy atom. The molecule has 8 nitrogen and oxygen atoms in total. The lowest BCUT2D eigenvalue weighted by molar-refractivity contribution is -0.141. The Morgan fingerprint density at radius 2 is 2.00 bits per heavy atom. The molecule has 3 aromatic rings. The number of carbonyl (C=O) groups is 2. The van der Waals surface area contributed by atoms with Crippen molar-refractivity contribution < 1.29 is 32.6 Å². The highest BCUT2D eigenvalue weighted by Gasteiger charge is 2.33. The van der Waals surface area contributed by atoms with Gasteiger partial charge in [0.1, 0.15) is 11.4 Å². The highest BCUT2D eigenvalue weighted by atomic mass is 19.4. The van der Waals surface area contributed by atoms with Crippen molar-refractivity contribution in [2.75, 3.05) is 19.0 Å². The quantitative estimate of drug-likeness (QED) is 0.565. The minimum absolute atomic E-state index is 0.0607. The number of aromatic carboxylic acids is 1. The largest absolute Gasteiger partial charge is 0.477 e. The molecule has 158 valence electrons. The lowest BCUT2D eigenvalue weighted by Crippen LogP contribution is -2.17. The molecule has 0 fully saturated rings. The van der Waals surface area contributed by atoms with Crippen LogP contribution in [0.15, 0.2) is 36.4 Å². The maximum atomic E-state index is 12.8. The van der Waals surface area contributed by atoms with Gasteiger partial charge in [-0.25, -0.2) is 9.78 Å². The van der Waals surface area contributed by atoms with Gasteiger partial charge >= 0.3 is 12.1 Å². The molecular weight excluding hydrogens is 405 g/mol. The third-order valence-electron chi connectivity index (χ3n) is 4.19. The van der Waals surface area contributed by atoms with E-state index in [1.165, 1.54) is 30.0 Å². The van der Waals surface area contributed by atoms with Crippen molar-refractivity contribution in [3.05, 3.63) is 53.5 Å². The summed E-state index contributed by atoms with van der Waals surface area (Å²) in [5.74, 6) is -2.05. The number of carboxylic acids is 1.